The summed E-state index contributed by atoms with van der Waals surface area (Å²) < 4.78 is 21.4. The van der Waals surface area contributed by atoms with Gasteiger partial charge in [0.2, 0.25) is 0 Å². The van der Waals surface area contributed by atoms with Gasteiger partial charge in [0.25, 0.3) is 0 Å². The average molecular weight is 301 g/mol. The fraction of sp³-hybridized carbons (Fsp3) is 0.875. The number of hydrogen-bond donors (Lipinski definition) is 1. The molecule has 0 aliphatic rings. The van der Waals surface area contributed by atoms with E-state index in [9.17, 15) is 0 Å². The van der Waals surface area contributed by atoms with Gasteiger partial charge in [0.15, 0.2) is 0 Å². The zero-order chi connectivity index (χ0) is 15.6. The van der Waals surface area contributed by atoms with Crippen LogP contribution in [0.2, 0.25) is 0 Å². The highest BCUT2D eigenvalue weighted by molar-refractivity contribution is 4.94. The monoisotopic (exact) mass is 301 g/mol. The predicted octanol–water partition coefficient (Wildman–Crippen LogP) is 1.32. The Hall–Kier alpha value is -0.640. The van der Waals surface area contributed by atoms with Gasteiger partial charge in [-0.2, -0.15) is 0 Å². The lowest BCUT2D eigenvalue weighted by molar-refractivity contribution is 0.00168. The van der Waals surface area contributed by atoms with Crippen molar-refractivity contribution in [3.63, 3.8) is 0 Å². The topological polar surface area (TPSA) is 49.0 Å². The van der Waals surface area contributed by atoms with Gasteiger partial charge in [-0.05, 0) is 19.4 Å². The molecule has 0 saturated carbocycles. The maximum atomic E-state index is 5.44. The van der Waals surface area contributed by atoms with Gasteiger partial charge in [-0.3, -0.25) is 0 Å². The summed E-state index contributed by atoms with van der Waals surface area (Å²) in [6.07, 6.45) is 0. The SMILES string of the molecule is CC#CCOCCOCCOCCOCCNCC(C)C. The normalized spacial score (nSPS) is 10.7. The van der Waals surface area contributed by atoms with Crippen molar-refractivity contribution in [2.24, 2.45) is 5.92 Å². The second kappa shape index (κ2) is 17.4. The van der Waals surface area contributed by atoms with E-state index in [-0.39, 0.29) is 0 Å². The summed E-state index contributed by atoms with van der Waals surface area (Å²) in [4.78, 5) is 0. The molecule has 21 heavy (non-hydrogen) atoms. The molecule has 0 radical (unpaired) electrons. The first-order valence-electron chi connectivity index (χ1n) is 7.68. The molecule has 5 heteroatoms. The minimum absolute atomic E-state index is 0.472. The maximum absolute atomic E-state index is 5.44. The summed E-state index contributed by atoms with van der Waals surface area (Å²) in [6.45, 7) is 12.8. The molecule has 0 heterocycles. The third-order valence-corrected chi connectivity index (χ3v) is 2.44. The van der Waals surface area contributed by atoms with Crippen LogP contribution in [0.1, 0.15) is 20.8 Å². The molecule has 0 fully saturated rings. The van der Waals surface area contributed by atoms with Crippen LogP contribution in [-0.4, -0.2) is 65.9 Å². The Labute approximate surface area is 129 Å². The summed E-state index contributed by atoms with van der Waals surface area (Å²) in [6, 6.07) is 0. The molecular formula is C16H31NO4. The summed E-state index contributed by atoms with van der Waals surface area (Å²) in [5.74, 6) is 6.27. The molecule has 0 saturated heterocycles. The number of ether oxygens (including phenoxy) is 4. The molecule has 1 N–H and O–H groups in total. The lowest BCUT2D eigenvalue weighted by Crippen LogP contribution is -2.24. The fourth-order valence-electron chi connectivity index (χ4n) is 1.39. The standard InChI is InChI=1S/C16H31NO4/c1-4-5-7-18-9-11-20-13-14-21-12-10-19-8-6-17-15-16(2)3/h16-17H,6-15H2,1-3H3. The van der Waals surface area contributed by atoms with Crippen molar-refractivity contribution in [3.8, 4) is 11.8 Å². The van der Waals surface area contributed by atoms with Crippen LogP contribution in [0.25, 0.3) is 0 Å². The van der Waals surface area contributed by atoms with Crippen molar-refractivity contribution >= 4 is 0 Å². The molecule has 0 atom stereocenters. The van der Waals surface area contributed by atoms with E-state index in [0.29, 0.717) is 52.2 Å². The smallest absolute Gasteiger partial charge is 0.107 e. The van der Waals surface area contributed by atoms with Crippen molar-refractivity contribution < 1.29 is 18.9 Å². The first-order chi connectivity index (χ1) is 10.3. The van der Waals surface area contributed by atoms with Gasteiger partial charge in [0, 0.05) is 6.54 Å². The lowest BCUT2D eigenvalue weighted by atomic mass is 10.2. The molecule has 5 nitrogen and oxygen atoms in total. The molecule has 0 aromatic carbocycles. The minimum Gasteiger partial charge on any atom is -0.378 e. The van der Waals surface area contributed by atoms with Crippen LogP contribution in [0.4, 0.5) is 0 Å². The van der Waals surface area contributed by atoms with E-state index >= 15 is 0 Å². The molecule has 0 amide bonds. The van der Waals surface area contributed by atoms with Gasteiger partial charge in [-0.1, -0.05) is 19.8 Å². The van der Waals surface area contributed by atoms with Crippen LogP contribution in [0.5, 0.6) is 0 Å². The van der Waals surface area contributed by atoms with Crippen LogP contribution >= 0.6 is 0 Å². The minimum atomic E-state index is 0.472. The fourth-order valence-corrected chi connectivity index (χ4v) is 1.39. The van der Waals surface area contributed by atoms with E-state index in [1.165, 1.54) is 0 Å². The van der Waals surface area contributed by atoms with Crippen molar-refractivity contribution in [3.05, 3.63) is 0 Å². The van der Waals surface area contributed by atoms with E-state index in [2.05, 4.69) is 31.0 Å². The molecule has 0 aliphatic carbocycles. The van der Waals surface area contributed by atoms with Gasteiger partial charge in [0.05, 0.1) is 46.2 Å². The zero-order valence-electron chi connectivity index (χ0n) is 13.8. The number of nitrogens with one attached hydrogen (secondary N) is 1. The molecule has 124 valence electrons. The largest absolute Gasteiger partial charge is 0.378 e. The highest BCUT2D eigenvalue weighted by Gasteiger charge is 1.94. The van der Waals surface area contributed by atoms with Crippen molar-refractivity contribution in [1.82, 2.24) is 5.32 Å². The Balaban J connectivity index is 2.97. The van der Waals surface area contributed by atoms with Gasteiger partial charge in [0.1, 0.15) is 6.61 Å². The first kappa shape index (κ1) is 20.4. The molecule has 0 unspecified atom stereocenters. The Bertz CT molecular complexity index is 261. The molecule has 0 rings (SSSR count). The van der Waals surface area contributed by atoms with Gasteiger partial charge in [-0.25, -0.2) is 0 Å². The Kier molecular flexibility index (Phi) is 16.9. The molecular weight excluding hydrogens is 270 g/mol. The molecule has 0 aliphatic heterocycles. The van der Waals surface area contributed by atoms with Gasteiger partial charge < -0.3 is 24.3 Å². The van der Waals surface area contributed by atoms with E-state index in [1.807, 2.05) is 0 Å². The van der Waals surface area contributed by atoms with E-state index in [1.54, 1.807) is 6.92 Å². The first-order valence-corrected chi connectivity index (χ1v) is 7.68. The summed E-state index contributed by atoms with van der Waals surface area (Å²) >= 11 is 0. The van der Waals surface area contributed by atoms with Crippen LogP contribution < -0.4 is 5.32 Å². The molecule has 0 bridgehead atoms. The summed E-state index contributed by atoms with van der Waals surface area (Å²) in [5, 5.41) is 3.32. The summed E-state index contributed by atoms with van der Waals surface area (Å²) in [5.41, 5.74) is 0. The Morgan fingerprint density at radius 3 is 1.86 bits per heavy atom. The molecule has 0 aromatic heterocycles. The lowest BCUT2D eigenvalue weighted by Gasteiger charge is -2.08. The molecule has 0 spiro atoms. The van der Waals surface area contributed by atoms with Gasteiger partial charge in [-0.15, -0.1) is 5.92 Å². The highest BCUT2D eigenvalue weighted by atomic mass is 16.6. The Morgan fingerprint density at radius 2 is 1.33 bits per heavy atom. The highest BCUT2D eigenvalue weighted by Crippen LogP contribution is 1.86. The predicted molar refractivity (Wildman–Crippen MR) is 84.4 cm³/mol. The maximum Gasteiger partial charge on any atom is 0.107 e. The van der Waals surface area contributed by atoms with Gasteiger partial charge >= 0.3 is 0 Å². The molecule has 0 aromatic rings. The summed E-state index contributed by atoms with van der Waals surface area (Å²) in [7, 11) is 0. The quantitative estimate of drug-likeness (QED) is 0.365. The number of rotatable bonds is 15. The van der Waals surface area contributed by atoms with Crippen molar-refractivity contribution in [1.29, 1.82) is 0 Å². The van der Waals surface area contributed by atoms with E-state index in [0.717, 1.165) is 19.7 Å². The van der Waals surface area contributed by atoms with Crippen molar-refractivity contribution in [2.45, 2.75) is 20.8 Å². The number of hydrogen-bond acceptors (Lipinski definition) is 5. The van der Waals surface area contributed by atoms with E-state index < -0.39 is 0 Å². The zero-order valence-corrected chi connectivity index (χ0v) is 13.8. The van der Waals surface area contributed by atoms with Crippen LogP contribution in [0.15, 0.2) is 0 Å². The third-order valence-electron chi connectivity index (χ3n) is 2.44. The van der Waals surface area contributed by atoms with E-state index in [4.69, 9.17) is 18.9 Å². The van der Waals surface area contributed by atoms with Crippen LogP contribution in [0, 0.1) is 17.8 Å². The average Bonchev–Trinajstić information content (AvgIpc) is 2.46. The third kappa shape index (κ3) is 19.4. The Morgan fingerprint density at radius 1 is 0.810 bits per heavy atom. The van der Waals surface area contributed by atoms with Crippen LogP contribution in [-0.2, 0) is 18.9 Å². The second-order valence-corrected chi connectivity index (χ2v) is 4.91. The van der Waals surface area contributed by atoms with Crippen molar-refractivity contribution in [2.75, 3.05) is 65.9 Å². The second-order valence-electron chi connectivity index (χ2n) is 4.91. The van der Waals surface area contributed by atoms with Crippen LogP contribution in [0.3, 0.4) is 0 Å².